The molecule has 1 aromatic heterocycles. The number of nitrogens with zero attached hydrogens (tertiary/aromatic N) is 4. The normalized spacial score (nSPS) is 20.4. The van der Waals surface area contributed by atoms with Crippen LogP contribution in [0.25, 0.3) is 0 Å². The van der Waals surface area contributed by atoms with Crippen LogP contribution in [0.5, 0.6) is 0 Å². The van der Waals surface area contributed by atoms with Gasteiger partial charge in [-0.3, -0.25) is 9.59 Å². The van der Waals surface area contributed by atoms with Crippen molar-refractivity contribution in [3.8, 4) is 0 Å². The van der Waals surface area contributed by atoms with Crippen molar-refractivity contribution in [1.82, 2.24) is 19.9 Å². The van der Waals surface area contributed by atoms with Crippen molar-refractivity contribution >= 4 is 11.7 Å². The Hall–Kier alpha value is -2.54. The highest BCUT2D eigenvalue weighted by molar-refractivity contribution is 6.06. The molecule has 1 saturated heterocycles. The fourth-order valence-electron chi connectivity index (χ4n) is 3.97. The number of carbonyl (C=O) groups excluding carboxylic acids is 2. The Kier molecular flexibility index (Phi) is 4.55. The number of hydrogen-bond acceptors (Lipinski definition) is 5. The van der Waals surface area contributed by atoms with Crippen LogP contribution in [0.3, 0.4) is 0 Å². The first kappa shape index (κ1) is 16.9. The molecule has 7 nitrogen and oxygen atoms in total. The van der Waals surface area contributed by atoms with Crippen molar-refractivity contribution in [2.24, 2.45) is 0 Å². The molecule has 2 aliphatic rings. The third-order valence-electron chi connectivity index (χ3n) is 5.40. The molecule has 0 bridgehead atoms. The van der Waals surface area contributed by atoms with Crippen LogP contribution in [0.15, 0.2) is 30.5 Å². The molecule has 2 aromatic rings. The summed E-state index contributed by atoms with van der Waals surface area (Å²) in [6, 6.07) is 7.66. The van der Waals surface area contributed by atoms with E-state index in [0.717, 1.165) is 24.1 Å². The summed E-state index contributed by atoms with van der Waals surface area (Å²) < 4.78 is 1.85. The molecule has 1 fully saturated rings. The van der Waals surface area contributed by atoms with Gasteiger partial charge >= 0.3 is 0 Å². The molecule has 26 heavy (non-hydrogen) atoms. The van der Waals surface area contributed by atoms with Gasteiger partial charge in [-0.1, -0.05) is 29.5 Å². The molecule has 1 unspecified atom stereocenters. The Labute approximate surface area is 151 Å². The minimum absolute atomic E-state index is 0.0568. The maximum absolute atomic E-state index is 13.0. The molecule has 1 atom stereocenters. The van der Waals surface area contributed by atoms with E-state index in [1.807, 2.05) is 40.0 Å². The fraction of sp³-hybridized carbons (Fsp3) is 0.474. The average molecular weight is 354 g/mol. The highest BCUT2D eigenvalue weighted by Crippen LogP contribution is 2.35. The number of aliphatic hydroxyl groups excluding tert-OH is 1. The Balaban J connectivity index is 1.40. The summed E-state index contributed by atoms with van der Waals surface area (Å²) in [5.41, 5.74) is 2.35. The highest BCUT2D eigenvalue weighted by atomic mass is 16.3. The second kappa shape index (κ2) is 6.99. The lowest BCUT2D eigenvalue weighted by atomic mass is 9.97. The second-order valence-electron chi connectivity index (χ2n) is 6.99. The second-order valence-corrected chi connectivity index (χ2v) is 6.99. The summed E-state index contributed by atoms with van der Waals surface area (Å²) in [6.45, 7) is 1.38. The smallest absolute Gasteiger partial charge is 0.230 e. The van der Waals surface area contributed by atoms with E-state index < -0.39 is 0 Å². The van der Waals surface area contributed by atoms with Crippen LogP contribution >= 0.6 is 0 Å². The highest BCUT2D eigenvalue weighted by Gasteiger charge is 2.37. The molecule has 1 aliphatic heterocycles. The minimum Gasteiger partial charge on any atom is -0.396 e. The average Bonchev–Trinajstić information content (AvgIpc) is 3.27. The lowest BCUT2D eigenvalue weighted by Crippen LogP contribution is -2.41. The van der Waals surface area contributed by atoms with Crippen LogP contribution in [-0.4, -0.2) is 56.4 Å². The largest absolute Gasteiger partial charge is 0.396 e. The van der Waals surface area contributed by atoms with E-state index >= 15 is 0 Å². The van der Waals surface area contributed by atoms with E-state index in [4.69, 9.17) is 5.11 Å². The third-order valence-corrected chi connectivity index (χ3v) is 5.40. The SMILES string of the molecule is O=C1CC(C(=O)N2CCC(n3cc(CCO)nn3)CC2)c2ccccc21. The van der Waals surface area contributed by atoms with Crippen LogP contribution in [0, 0.1) is 0 Å². The number of aliphatic hydroxyl groups is 1. The van der Waals surface area contributed by atoms with Crippen LogP contribution in [0.1, 0.15) is 52.8 Å². The van der Waals surface area contributed by atoms with Crippen LogP contribution in [-0.2, 0) is 11.2 Å². The van der Waals surface area contributed by atoms with Gasteiger partial charge in [0, 0.05) is 44.3 Å². The van der Waals surface area contributed by atoms with Gasteiger partial charge in [0.05, 0.1) is 17.7 Å². The van der Waals surface area contributed by atoms with Crippen LogP contribution in [0.4, 0.5) is 0 Å². The molecule has 7 heteroatoms. The Morgan fingerprint density at radius 3 is 2.77 bits per heavy atom. The van der Waals surface area contributed by atoms with E-state index in [9.17, 15) is 9.59 Å². The Bertz CT molecular complexity index is 824. The van der Waals surface area contributed by atoms with Crippen molar-refractivity contribution in [3.05, 3.63) is 47.3 Å². The molecule has 136 valence electrons. The minimum atomic E-state index is -0.335. The molecule has 1 N–H and O–H groups in total. The number of ketones is 1. The summed E-state index contributed by atoms with van der Waals surface area (Å²) in [5.74, 6) is -0.216. The Morgan fingerprint density at radius 2 is 2.00 bits per heavy atom. The van der Waals surface area contributed by atoms with Gasteiger partial charge in [0.1, 0.15) is 0 Å². The van der Waals surface area contributed by atoms with E-state index in [-0.39, 0.29) is 36.7 Å². The predicted molar refractivity (Wildman–Crippen MR) is 93.8 cm³/mol. The fourth-order valence-corrected chi connectivity index (χ4v) is 3.97. The zero-order valence-corrected chi connectivity index (χ0v) is 14.5. The molecule has 1 aromatic carbocycles. The summed E-state index contributed by atoms with van der Waals surface area (Å²) in [7, 11) is 0. The predicted octanol–water partition coefficient (Wildman–Crippen LogP) is 1.35. The van der Waals surface area contributed by atoms with Gasteiger partial charge in [0.2, 0.25) is 5.91 Å². The maximum atomic E-state index is 13.0. The van der Waals surface area contributed by atoms with E-state index in [0.29, 0.717) is 25.1 Å². The summed E-state index contributed by atoms with van der Waals surface area (Å²) in [4.78, 5) is 27.0. The number of rotatable bonds is 4. The lowest BCUT2D eigenvalue weighted by molar-refractivity contribution is -0.134. The quantitative estimate of drug-likeness (QED) is 0.895. The molecule has 1 aliphatic carbocycles. The molecular weight excluding hydrogens is 332 g/mol. The van der Waals surface area contributed by atoms with Crippen molar-refractivity contribution in [2.75, 3.05) is 19.7 Å². The number of likely N-dealkylation sites (tertiary alicyclic amines) is 1. The molecule has 1 amide bonds. The van der Waals surface area contributed by atoms with Gasteiger partial charge in [-0.25, -0.2) is 4.68 Å². The van der Waals surface area contributed by atoms with Gasteiger partial charge in [0.15, 0.2) is 5.78 Å². The lowest BCUT2D eigenvalue weighted by Gasteiger charge is -2.33. The first-order valence-corrected chi connectivity index (χ1v) is 9.10. The maximum Gasteiger partial charge on any atom is 0.230 e. The van der Waals surface area contributed by atoms with Gasteiger partial charge < -0.3 is 10.0 Å². The monoisotopic (exact) mass is 354 g/mol. The summed E-state index contributed by atoms with van der Waals surface area (Å²) >= 11 is 0. The molecule has 0 saturated carbocycles. The first-order chi connectivity index (χ1) is 12.7. The van der Waals surface area contributed by atoms with E-state index in [1.54, 1.807) is 0 Å². The zero-order valence-electron chi connectivity index (χ0n) is 14.5. The molecule has 2 heterocycles. The molecule has 0 radical (unpaired) electrons. The van der Waals surface area contributed by atoms with Crippen molar-refractivity contribution in [1.29, 1.82) is 0 Å². The number of piperidine rings is 1. The third kappa shape index (κ3) is 3.03. The van der Waals surface area contributed by atoms with Crippen LogP contribution in [0.2, 0.25) is 0 Å². The van der Waals surface area contributed by atoms with Crippen molar-refractivity contribution in [2.45, 2.75) is 37.6 Å². The Morgan fingerprint density at radius 1 is 1.23 bits per heavy atom. The number of hydrogen-bond donors (Lipinski definition) is 1. The van der Waals surface area contributed by atoms with Crippen LogP contribution < -0.4 is 0 Å². The van der Waals surface area contributed by atoms with Gasteiger partial charge in [-0.05, 0) is 18.4 Å². The molecule has 0 spiro atoms. The van der Waals surface area contributed by atoms with Gasteiger partial charge in [-0.2, -0.15) is 0 Å². The standard InChI is InChI=1S/C19H22N4O3/c24-10-7-13-12-23(21-20-13)14-5-8-22(9-6-14)19(26)17-11-18(25)16-4-2-1-3-15(16)17/h1-4,12,14,17,24H,5-11H2. The summed E-state index contributed by atoms with van der Waals surface area (Å²) in [6.07, 6.45) is 4.30. The number of carbonyl (C=O) groups is 2. The number of fused-ring (bicyclic) bond motifs is 1. The first-order valence-electron chi connectivity index (χ1n) is 9.10. The zero-order chi connectivity index (χ0) is 18.1. The number of amides is 1. The number of aromatic nitrogens is 3. The van der Waals surface area contributed by atoms with Crippen molar-refractivity contribution in [3.63, 3.8) is 0 Å². The summed E-state index contributed by atoms with van der Waals surface area (Å²) in [5, 5.41) is 17.2. The van der Waals surface area contributed by atoms with Crippen molar-refractivity contribution < 1.29 is 14.7 Å². The molecule has 4 rings (SSSR count). The number of Topliss-reactive ketones (excluding diaryl/α,β-unsaturated/α-hetero) is 1. The number of benzene rings is 1. The van der Waals surface area contributed by atoms with Gasteiger partial charge in [-0.15, -0.1) is 5.10 Å². The topological polar surface area (TPSA) is 88.3 Å². The van der Waals surface area contributed by atoms with E-state index in [1.165, 1.54) is 0 Å². The molecular formula is C19H22N4O3. The van der Waals surface area contributed by atoms with Gasteiger partial charge in [0.25, 0.3) is 0 Å². The van der Waals surface area contributed by atoms with E-state index in [2.05, 4.69) is 10.3 Å².